The van der Waals surface area contributed by atoms with Gasteiger partial charge in [-0.3, -0.25) is 23.7 Å². The zero-order valence-corrected chi connectivity index (χ0v) is 36.0. The van der Waals surface area contributed by atoms with Gasteiger partial charge in [-0.1, -0.05) is 31.2 Å². The van der Waals surface area contributed by atoms with Crippen molar-refractivity contribution < 1.29 is 42.1 Å². The highest BCUT2D eigenvalue weighted by atomic mass is 32.1. The summed E-state index contributed by atoms with van der Waals surface area (Å²) in [6, 6.07) is 11.7. The number of carbonyl (C=O) groups excluding carboxylic acids is 4. The van der Waals surface area contributed by atoms with Gasteiger partial charge < -0.3 is 34.0 Å². The zero-order valence-electron chi connectivity index (χ0n) is 34.2. The number of nitrogens with one attached hydrogen (secondary N) is 2. The molecule has 61 heavy (non-hydrogen) atoms. The molecular formula is C43H51FN7O8PS. The molecule has 0 bridgehead atoms. The summed E-state index contributed by atoms with van der Waals surface area (Å²) < 4.78 is 48.0. The first-order chi connectivity index (χ1) is 29.5. The molecule has 1 unspecified atom stereocenters. The summed E-state index contributed by atoms with van der Waals surface area (Å²) in [4.78, 5) is 69.5. The van der Waals surface area contributed by atoms with Crippen molar-refractivity contribution in [1.29, 1.82) is 0 Å². The molecule has 4 fully saturated rings. The monoisotopic (exact) mass is 875 g/mol. The van der Waals surface area contributed by atoms with Crippen LogP contribution in [-0.4, -0.2) is 114 Å². The van der Waals surface area contributed by atoms with E-state index in [1.165, 1.54) is 30.4 Å². The summed E-state index contributed by atoms with van der Waals surface area (Å²) in [6.45, 7) is 7.23. The summed E-state index contributed by atoms with van der Waals surface area (Å²) in [5.74, 6) is -2.54. The number of hydrogen-bond donors (Lipinski definition) is 2. The first-order valence-electron chi connectivity index (χ1n) is 21.0. The standard InChI is InChI=1S/C43H51FN7O8PS/c1-3-18-58-43(55)27(2)48-60(56,59-32-9-5-4-6-10-32)38(44)28-12-15-36-29(21-28)22-37(61-36)40(52)47-34-11-7-8-31-13-14-35(51(31)41(34)53)42(54)50-24-30(25-50)33-23-45-26-46-39(33)49-16-19-57-20-17-49/h4-6,9-10,12,15,21-23,26-27,30-31,34-35,38H,3,7-8,11,13-14,16-20,24-25H2,1-2H3,(H,47,52)(H,48,56)/t27-,31-,34-,35-,38+,60?/m0/s1. The molecule has 2 aromatic carbocycles. The van der Waals surface area contributed by atoms with E-state index in [2.05, 4.69) is 25.3 Å². The Morgan fingerprint density at radius 2 is 1.84 bits per heavy atom. The van der Waals surface area contributed by atoms with Crippen molar-refractivity contribution >= 4 is 58.5 Å². The van der Waals surface area contributed by atoms with Crippen LogP contribution in [-0.2, 0) is 28.4 Å². The Bertz CT molecular complexity index is 2290. The van der Waals surface area contributed by atoms with E-state index in [1.807, 2.05) is 18.0 Å². The van der Waals surface area contributed by atoms with Gasteiger partial charge in [-0.15, -0.1) is 11.3 Å². The predicted molar refractivity (Wildman–Crippen MR) is 227 cm³/mol. The number of amides is 3. The van der Waals surface area contributed by atoms with Crippen LogP contribution in [0.1, 0.15) is 85.0 Å². The van der Waals surface area contributed by atoms with E-state index >= 15 is 4.39 Å². The summed E-state index contributed by atoms with van der Waals surface area (Å²) >= 11 is 1.19. The molecular weight excluding hydrogens is 825 g/mol. The number of esters is 1. The quantitative estimate of drug-likeness (QED) is 0.113. The van der Waals surface area contributed by atoms with Crippen molar-refractivity contribution in [2.45, 2.75) is 88.4 Å². The molecule has 6 atom stereocenters. The average Bonchev–Trinajstić information content (AvgIpc) is 3.86. The van der Waals surface area contributed by atoms with Gasteiger partial charge in [0.1, 0.15) is 36.0 Å². The third kappa shape index (κ3) is 9.16. The molecule has 0 radical (unpaired) electrons. The number of morpholine rings is 1. The fourth-order valence-electron chi connectivity index (χ4n) is 8.64. The second-order valence-electron chi connectivity index (χ2n) is 16.1. The van der Waals surface area contributed by atoms with E-state index in [-0.39, 0.29) is 41.7 Å². The second-order valence-corrected chi connectivity index (χ2v) is 19.2. The highest BCUT2D eigenvalue weighted by Crippen LogP contribution is 2.58. The molecule has 0 aliphatic carbocycles. The van der Waals surface area contributed by atoms with E-state index < -0.39 is 43.4 Å². The van der Waals surface area contributed by atoms with Gasteiger partial charge in [0.25, 0.3) is 5.91 Å². The number of hydrogen-bond acceptors (Lipinski definition) is 12. The number of halogens is 1. The highest BCUT2D eigenvalue weighted by Gasteiger charge is 2.48. The van der Waals surface area contributed by atoms with Gasteiger partial charge >= 0.3 is 13.5 Å². The van der Waals surface area contributed by atoms with E-state index in [0.29, 0.717) is 66.9 Å². The number of ether oxygens (including phenoxy) is 2. The predicted octanol–water partition coefficient (Wildman–Crippen LogP) is 5.97. The zero-order chi connectivity index (χ0) is 42.7. The number of carbonyl (C=O) groups is 4. The van der Waals surface area contributed by atoms with Crippen LogP contribution in [0.3, 0.4) is 0 Å². The lowest BCUT2D eigenvalue weighted by atomic mass is 9.91. The lowest BCUT2D eigenvalue weighted by molar-refractivity contribution is -0.148. The van der Waals surface area contributed by atoms with Crippen LogP contribution < -0.4 is 19.8 Å². The summed E-state index contributed by atoms with van der Waals surface area (Å²) in [5, 5.41) is 6.07. The molecule has 18 heteroatoms. The van der Waals surface area contributed by atoms with Crippen molar-refractivity contribution in [3.8, 4) is 5.75 Å². The SMILES string of the molecule is CCCOC(=O)[C@H](C)NP(=O)(Oc1ccccc1)[C@@H](F)c1ccc2sc(C(=O)N[C@H]3CCC[C@H]4CC[C@@H](C(=O)N5CC(c6cncnc6N6CCOCC6)C5)N4C3=O)cc2c1. The molecule has 15 nitrogen and oxygen atoms in total. The van der Waals surface area contributed by atoms with Crippen molar-refractivity contribution in [2.75, 3.05) is 50.9 Å². The lowest BCUT2D eigenvalue weighted by Crippen LogP contribution is -2.58. The number of nitrogens with zero attached hydrogens (tertiary/aromatic N) is 5. The molecule has 324 valence electrons. The number of fused-ring (bicyclic) bond motifs is 2. The first-order valence-corrected chi connectivity index (χ1v) is 23.5. The number of para-hydroxylation sites is 1. The normalized spacial score (nSPS) is 22.7. The number of aromatic nitrogens is 2. The van der Waals surface area contributed by atoms with Crippen LogP contribution in [0.5, 0.6) is 5.75 Å². The van der Waals surface area contributed by atoms with Gasteiger partial charge in [-0.05, 0) is 86.7 Å². The van der Waals surface area contributed by atoms with Crippen LogP contribution in [0.15, 0.2) is 67.1 Å². The first kappa shape index (κ1) is 42.7. The lowest BCUT2D eigenvalue weighted by Gasteiger charge is -2.43. The Morgan fingerprint density at radius 1 is 1.05 bits per heavy atom. The number of benzene rings is 2. The number of anilines is 1. The summed E-state index contributed by atoms with van der Waals surface area (Å²) in [7, 11) is -4.45. The molecule has 4 aliphatic rings. The third-order valence-corrected chi connectivity index (χ3v) is 15.1. The number of likely N-dealkylation sites (tertiary alicyclic amines) is 1. The minimum atomic E-state index is -4.45. The highest BCUT2D eigenvalue weighted by molar-refractivity contribution is 7.57. The molecule has 2 N–H and O–H groups in total. The number of thiophene rings is 1. The Balaban J connectivity index is 0.934. The fourth-order valence-corrected chi connectivity index (χ4v) is 11.5. The van der Waals surface area contributed by atoms with Crippen molar-refractivity contribution in [1.82, 2.24) is 30.2 Å². The molecule has 4 aromatic rings. The van der Waals surface area contributed by atoms with Gasteiger partial charge in [-0.2, -0.15) is 0 Å². The maximum absolute atomic E-state index is 16.5. The van der Waals surface area contributed by atoms with Crippen molar-refractivity contribution in [3.63, 3.8) is 0 Å². The number of alkyl halides is 1. The number of rotatable bonds is 14. The minimum absolute atomic E-state index is 0.0241. The Kier molecular flexibility index (Phi) is 13.0. The molecule has 0 saturated carbocycles. The van der Waals surface area contributed by atoms with Crippen LogP contribution >= 0.6 is 18.9 Å². The maximum atomic E-state index is 16.5. The molecule has 3 amide bonds. The molecule has 0 spiro atoms. The van der Waals surface area contributed by atoms with Crippen LogP contribution in [0.2, 0.25) is 0 Å². The largest absolute Gasteiger partial charge is 0.465 e. The topological polar surface area (TPSA) is 173 Å². The Hall–Kier alpha value is -4.96. The van der Waals surface area contributed by atoms with Crippen molar-refractivity contribution in [3.05, 3.63) is 83.1 Å². The van der Waals surface area contributed by atoms with Gasteiger partial charge in [0.2, 0.25) is 17.7 Å². The Labute approximate surface area is 357 Å². The van der Waals surface area contributed by atoms with Gasteiger partial charge in [0.05, 0.1) is 24.7 Å². The van der Waals surface area contributed by atoms with Crippen LogP contribution in [0.25, 0.3) is 10.1 Å². The Morgan fingerprint density at radius 3 is 2.61 bits per heavy atom. The maximum Gasteiger partial charge on any atom is 0.355 e. The third-order valence-electron chi connectivity index (χ3n) is 11.8. The summed E-state index contributed by atoms with van der Waals surface area (Å²) in [5.41, 5.74) is 1.04. The van der Waals surface area contributed by atoms with Crippen molar-refractivity contribution in [2.24, 2.45) is 0 Å². The van der Waals surface area contributed by atoms with Gasteiger partial charge in [-0.25, -0.2) is 19.4 Å². The minimum Gasteiger partial charge on any atom is -0.465 e. The smallest absolute Gasteiger partial charge is 0.355 e. The van der Waals surface area contributed by atoms with E-state index in [1.54, 1.807) is 53.7 Å². The molecule has 4 saturated heterocycles. The fraction of sp³-hybridized carbons (Fsp3) is 0.488. The van der Waals surface area contributed by atoms with Crippen LogP contribution in [0, 0.1) is 0 Å². The molecule has 4 aliphatic heterocycles. The molecule has 2 aromatic heterocycles. The van der Waals surface area contributed by atoms with E-state index in [9.17, 15) is 23.7 Å². The van der Waals surface area contributed by atoms with E-state index in [4.69, 9.17) is 14.0 Å². The van der Waals surface area contributed by atoms with Crippen LogP contribution in [0.4, 0.5) is 10.2 Å². The second kappa shape index (κ2) is 18.6. The van der Waals surface area contributed by atoms with E-state index in [0.717, 1.165) is 37.3 Å². The average molecular weight is 876 g/mol. The molecule has 6 heterocycles. The molecule has 8 rings (SSSR count). The van der Waals surface area contributed by atoms with Gasteiger partial charge in [0.15, 0.2) is 0 Å². The summed E-state index contributed by atoms with van der Waals surface area (Å²) in [6.07, 6.45) is 7.17. The van der Waals surface area contributed by atoms with Gasteiger partial charge in [0, 0.05) is 54.6 Å².